The van der Waals surface area contributed by atoms with E-state index in [1.54, 1.807) is 13.0 Å². The maximum Gasteiger partial charge on any atom is 0.274 e. The van der Waals surface area contributed by atoms with E-state index in [1.165, 1.54) is 6.07 Å². The third-order valence-corrected chi connectivity index (χ3v) is 2.44. The smallest absolute Gasteiger partial charge is 0.258 e. The van der Waals surface area contributed by atoms with E-state index in [-0.39, 0.29) is 5.69 Å². The number of halogens is 1. The summed E-state index contributed by atoms with van der Waals surface area (Å²) in [6.07, 6.45) is 0. The molecule has 0 bridgehead atoms. The Hall–Kier alpha value is -0.550. The Kier molecular flexibility index (Phi) is 2.74. The number of hydrogen-bond donors (Lipinski definition) is 1. The van der Waals surface area contributed by atoms with Crippen molar-refractivity contribution in [2.75, 3.05) is 0 Å². The molecule has 0 saturated carbocycles. The van der Waals surface area contributed by atoms with Crippen molar-refractivity contribution in [3.8, 4) is 0 Å². The second kappa shape index (κ2) is 3.45. The Balaban J connectivity index is 3.37. The van der Waals surface area contributed by atoms with Crippen molar-refractivity contribution in [3.63, 3.8) is 0 Å². The molecule has 0 heterocycles. The number of nitro groups is 1. The Morgan fingerprint density at radius 2 is 2.17 bits per heavy atom. The van der Waals surface area contributed by atoms with Crippen LogP contribution in [0, 0.1) is 17.0 Å². The lowest BCUT2D eigenvalue weighted by Crippen LogP contribution is -1.92. The van der Waals surface area contributed by atoms with Gasteiger partial charge in [0.25, 0.3) is 5.69 Å². The molecule has 0 fully saturated rings. The highest BCUT2D eigenvalue weighted by atomic mass is 79.9. The Morgan fingerprint density at radius 3 is 2.67 bits per heavy atom. The van der Waals surface area contributed by atoms with Gasteiger partial charge < -0.3 is 0 Å². The summed E-state index contributed by atoms with van der Waals surface area (Å²) in [4.78, 5) is 10.7. The van der Waals surface area contributed by atoms with Crippen LogP contribution < -0.4 is 0 Å². The Labute approximate surface area is 83.5 Å². The molecule has 0 amide bonds. The molecule has 0 aliphatic carbocycles. The molecular formula is C7H6BrNO2S. The van der Waals surface area contributed by atoms with Gasteiger partial charge in [-0.1, -0.05) is 15.9 Å². The van der Waals surface area contributed by atoms with Crippen LogP contribution in [0.4, 0.5) is 5.69 Å². The van der Waals surface area contributed by atoms with Crippen LogP contribution in [0.25, 0.3) is 0 Å². The SMILES string of the molecule is Cc1c(S)cc(Br)cc1[N+](=O)[O-]. The molecule has 1 aromatic rings. The predicted octanol–water partition coefficient (Wildman–Crippen LogP) is 2.95. The zero-order chi connectivity index (χ0) is 9.30. The fourth-order valence-electron chi connectivity index (χ4n) is 0.840. The third kappa shape index (κ3) is 1.78. The molecule has 3 nitrogen and oxygen atoms in total. The number of benzene rings is 1. The van der Waals surface area contributed by atoms with E-state index in [0.29, 0.717) is 14.9 Å². The fourth-order valence-corrected chi connectivity index (χ4v) is 1.72. The first-order valence-electron chi connectivity index (χ1n) is 3.16. The molecular weight excluding hydrogens is 242 g/mol. The zero-order valence-corrected chi connectivity index (χ0v) is 8.72. The van der Waals surface area contributed by atoms with E-state index in [2.05, 4.69) is 28.6 Å². The minimum atomic E-state index is -0.417. The molecule has 5 heteroatoms. The second-order valence-electron chi connectivity index (χ2n) is 2.33. The average Bonchev–Trinajstić information content (AvgIpc) is 1.96. The van der Waals surface area contributed by atoms with Gasteiger partial charge in [-0.05, 0) is 13.0 Å². The summed E-state index contributed by atoms with van der Waals surface area (Å²) < 4.78 is 0.671. The quantitative estimate of drug-likeness (QED) is 0.471. The third-order valence-electron chi connectivity index (χ3n) is 1.51. The van der Waals surface area contributed by atoms with Gasteiger partial charge in [-0.15, -0.1) is 12.6 Å². The van der Waals surface area contributed by atoms with E-state index >= 15 is 0 Å². The standard InChI is InChI=1S/C7H6BrNO2S/c1-4-6(9(10)11)2-5(8)3-7(4)12/h2-3,12H,1H3. The fraction of sp³-hybridized carbons (Fsp3) is 0.143. The molecule has 12 heavy (non-hydrogen) atoms. The van der Waals surface area contributed by atoms with Crippen molar-refractivity contribution in [1.29, 1.82) is 0 Å². The highest BCUT2D eigenvalue weighted by molar-refractivity contribution is 9.10. The van der Waals surface area contributed by atoms with Crippen molar-refractivity contribution < 1.29 is 4.92 Å². The summed E-state index contributed by atoms with van der Waals surface area (Å²) in [6, 6.07) is 3.19. The van der Waals surface area contributed by atoms with Crippen molar-refractivity contribution in [2.45, 2.75) is 11.8 Å². The summed E-state index contributed by atoms with van der Waals surface area (Å²) in [6.45, 7) is 1.67. The first-order valence-corrected chi connectivity index (χ1v) is 4.40. The van der Waals surface area contributed by atoms with Crippen LogP contribution in [0.1, 0.15) is 5.56 Å². The van der Waals surface area contributed by atoms with E-state index in [1.807, 2.05) is 0 Å². The molecule has 1 rings (SSSR count). The van der Waals surface area contributed by atoms with Gasteiger partial charge in [-0.3, -0.25) is 10.1 Å². The lowest BCUT2D eigenvalue weighted by atomic mass is 10.2. The minimum absolute atomic E-state index is 0.0920. The van der Waals surface area contributed by atoms with Gasteiger partial charge in [-0.2, -0.15) is 0 Å². The highest BCUT2D eigenvalue weighted by Gasteiger charge is 2.13. The predicted molar refractivity (Wildman–Crippen MR) is 52.8 cm³/mol. The molecule has 64 valence electrons. The van der Waals surface area contributed by atoms with Gasteiger partial charge in [0.15, 0.2) is 0 Å². The van der Waals surface area contributed by atoms with Gasteiger partial charge in [0, 0.05) is 21.0 Å². The van der Waals surface area contributed by atoms with Crippen molar-refractivity contribution in [2.24, 2.45) is 0 Å². The number of nitro benzene ring substituents is 1. The second-order valence-corrected chi connectivity index (χ2v) is 3.72. The van der Waals surface area contributed by atoms with E-state index < -0.39 is 4.92 Å². The van der Waals surface area contributed by atoms with Crippen LogP contribution in [0.5, 0.6) is 0 Å². The molecule has 1 aromatic carbocycles. The van der Waals surface area contributed by atoms with Crippen LogP contribution in [0.15, 0.2) is 21.5 Å². The van der Waals surface area contributed by atoms with Gasteiger partial charge in [-0.25, -0.2) is 0 Å². The summed E-state index contributed by atoms with van der Waals surface area (Å²) in [5.74, 6) is 0. The first-order chi connectivity index (χ1) is 5.52. The summed E-state index contributed by atoms with van der Waals surface area (Å²) >= 11 is 7.26. The van der Waals surface area contributed by atoms with Crippen molar-refractivity contribution in [1.82, 2.24) is 0 Å². The molecule has 0 atom stereocenters. The van der Waals surface area contributed by atoms with E-state index in [0.717, 1.165) is 0 Å². The van der Waals surface area contributed by atoms with Crippen molar-refractivity contribution >= 4 is 34.2 Å². The number of rotatable bonds is 1. The molecule has 0 saturated heterocycles. The lowest BCUT2D eigenvalue weighted by Gasteiger charge is -2.00. The van der Waals surface area contributed by atoms with Gasteiger partial charge in [0.2, 0.25) is 0 Å². The van der Waals surface area contributed by atoms with Gasteiger partial charge >= 0.3 is 0 Å². The normalized spacial score (nSPS) is 9.92. The van der Waals surface area contributed by atoms with E-state index in [9.17, 15) is 10.1 Å². The molecule has 0 aromatic heterocycles. The van der Waals surface area contributed by atoms with Gasteiger partial charge in [0.1, 0.15) is 0 Å². The molecule has 0 aliphatic heterocycles. The average molecular weight is 248 g/mol. The lowest BCUT2D eigenvalue weighted by molar-refractivity contribution is -0.385. The molecule has 0 aliphatic rings. The molecule has 0 spiro atoms. The van der Waals surface area contributed by atoms with Crippen LogP contribution in [0.2, 0.25) is 0 Å². The topological polar surface area (TPSA) is 43.1 Å². The Morgan fingerprint density at radius 1 is 1.58 bits per heavy atom. The number of thiol groups is 1. The van der Waals surface area contributed by atoms with Crippen LogP contribution in [-0.4, -0.2) is 4.92 Å². The molecule has 0 radical (unpaired) electrons. The zero-order valence-electron chi connectivity index (χ0n) is 6.24. The van der Waals surface area contributed by atoms with Crippen LogP contribution >= 0.6 is 28.6 Å². The maximum atomic E-state index is 10.5. The van der Waals surface area contributed by atoms with Crippen molar-refractivity contribution in [3.05, 3.63) is 32.3 Å². The first kappa shape index (κ1) is 9.54. The molecule has 0 unspecified atom stereocenters. The maximum absolute atomic E-state index is 10.5. The van der Waals surface area contributed by atoms with Crippen LogP contribution in [-0.2, 0) is 0 Å². The number of nitrogens with zero attached hydrogens (tertiary/aromatic N) is 1. The Bertz CT molecular complexity index is 340. The largest absolute Gasteiger partial charge is 0.274 e. The molecule has 0 N–H and O–H groups in total. The monoisotopic (exact) mass is 247 g/mol. The highest BCUT2D eigenvalue weighted by Crippen LogP contribution is 2.28. The number of hydrogen-bond acceptors (Lipinski definition) is 3. The van der Waals surface area contributed by atoms with E-state index in [4.69, 9.17) is 0 Å². The summed E-state index contributed by atoms with van der Waals surface area (Å²) in [5.41, 5.74) is 0.681. The van der Waals surface area contributed by atoms with Gasteiger partial charge in [0.05, 0.1) is 4.92 Å². The summed E-state index contributed by atoms with van der Waals surface area (Å²) in [7, 11) is 0. The summed E-state index contributed by atoms with van der Waals surface area (Å²) in [5, 5.41) is 10.5. The van der Waals surface area contributed by atoms with Crippen LogP contribution in [0.3, 0.4) is 0 Å². The minimum Gasteiger partial charge on any atom is -0.258 e.